The van der Waals surface area contributed by atoms with Crippen molar-refractivity contribution < 1.29 is 9.13 Å². The van der Waals surface area contributed by atoms with Crippen molar-refractivity contribution in [1.82, 2.24) is 4.98 Å². The third-order valence-electron chi connectivity index (χ3n) is 2.81. The number of ether oxygens (including phenoxy) is 1. The highest BCUT2D eigenvalue weighted by molar-refractivity contribution is 5.49. The van der Waals surface area contributed by atoms with Crippen LogP contribution in [0, 0.1) is 17.1 Å². The van der Waals surface area contributed by atoms with Crippen molar-refractivity contribution in [1.29, 1.82) is 5.26 Å². The molecular weight excluding hydrogens is 269 g/mol. The van der Waals surface area contributed by atoms with Gasteiger partial charge in [0.2, 0.25) is 0 Å². The van der Waals surface area contributed by atoms with Crippen molar-refractivity contribution in [3.8, 4) is 11.8 Å². The molecule has 21 heavy (non-hydrogen) atoms. The maximum atomic E-state index is 13.1. The average Bonchev–Trinajstić information content (AvgIpc) is 2.50. The van der Waals surface area contributed by atoms with E-state index in [2.05, 4.69) is 16.4 Å². The Kier molecular flexibility index (Phi) is 5.53. The van der Waals surface area contributed by atoms with Gasteiger partial charge in [-0.15, -0.1) is 0 Å². The molecule has 0 saturated heterocycles. The topological polar surface area (TPSA) is 57.9 Å². The number of nitrogens with zero attached hydrogens (tertiary/aromatic N) is 2. The number of benzene rings is 1. The summed E-state index contributed by atoms with van der Waals surface area (Å²) in [6.45, 7) is 0.928. The van der Waals surface area contributed by atoms with E-state index in [0.717, 1.165) is 5.56 Å². The van der Waals surface area contributed by atoms with Gasteiger partial charge in [0, 0.05) is 19.2 Å². The molecule has 0 spiro atoms. The van der Waals surface area contributed by atoms with Crippen LogP contribution in [0.4, 0.5) is 10.2 Å². The highest BCUT2D eigenvalue weighted by Crippen LogP contribution is 2.21. The van der Waals surface area contributed by atoms with Gasteiger partial charge in [-0.3, -0.25) is 0 Å². The predicted molar refractivity (Wildman–Crippen MR) is 78.3 cm³/mol. The molecule has 0 atom stereocenters. The molecule has 0 amide bonds. The average molecular weight is 285 g/mol. The highest BCUT2D eigenvalue weighted by atomic mass is 19.1. The molecule has 1 aromatic heterocycles. The largest absolute Gasteiger partial charge is 0.490 e. The second-order valence-corrected chi connectivity index (χ2v) is 4.44. The molecule has 0 radical (unpaired) electrons. The Labute approximate surface area is 123 Å². The summed E-state index contributed by atoms with van der Waals surface area (Å²) in [6, 6.07) is 12.1. The number of halogens is 1. The van der Waals surface area contributed by atoms with Crippen LogP contribution in [0.3, 0.4) is 0 Å². The molecule has 2 rings (SSSR count). The van der Waals surface area contributed by atoms with E-state index in [4.69, 9.17) is 10.00 Å². The summed E-state index contributed by atoms with van der Waals surface area (Å²) < 4.78 is 18.7. The molecule has 0 aliphatic carbocycles. The van der Waals surface area contributed by atoms with Crippen LogP contribution in [0.2, 0.25) is 0 Å². The fourth-order valence-corrected chi connectivity index (χ4v) is 1.81. The molecule has 0 saturated carbocycles. The zero-order valence-electron chi connectivity index (χ0n) is 11.6. The minimum absolute atomic E-state index is 0.261. The predicted octanol–water partition coefficient (Wildman–Crippen LogP) is 3.52. The number of anilines is 1. The van der Waals surface area contributed by atoms with Crippen molar-refractivity contribution in [3.05, 3.63) is 54.0 Å². The van der Waals surface area contributed by atoms with Gasteiger partial charge in [0.25, 0.3) is 0 Å². The van der Waals surface area contributed by atoms with E-state index in [1.807, 2.05) is 12.1 Å². The lowest BCUT2D eigenvalue weighted by Gasteiger charge is -2.11. The molecular formula is C16H16FN3O. The van der Waals surface area contributed by atoms with Crippen LogP contribution >= 0.6 is 0 Å². The standard InChI is InChI=1S/C16H16FN3O/c17-14-6-3-5-13(11-14)12-20-16-15(7-4-9-19-16)21-10-2-1-8-18/h3-7,9,11H,1-2,10,12H2,(H,19,20). The van der Waals surface area contributed by atoms with Gasteiger partial charge >= 0.3 is 0 Å². The van der Waals surface area contributed by atoms with Crippen LogP contribution < -0.4 is 10.1 Å². The molecule has 0 aliphatic heterocycles. The summed E-state index contributed by atoms with van der Waals surface area (Å²) in [5, 5.41) is 11.6. The lowest BCUT2D eigenvalue weighted by Crippen LogP contribution is -2.05. The molecule has 1 aromatic carbocycles. The van der Waals surface area contributed by atoms with Crippen molar-refractivity contribution >= 4 is 5.82 Å². The number of hydrogen-bond acceptors (Lipinski definition) is 4. The fraction of sp³-hybridized carbons (Fsp3) is 0.250. The van der Waals surface area contributed by atoms with E-state index in [9.17, 15) is 4.39 Å². The Balaban J connectivity index is 1.95. The number of pyridine rings is 1. The summed E-state index contributed by atoms with van der Waals surface area (Å²) in [7, 11) is 0. The van der Waals surface area contributed by atoms with Gasteiger partial charge in [-0.1, -0.05) is 12.1 Å². The summed E-state index contributed by atoms with van der Waals surface area (Å²) >= 11 is 0. The summed E-state index contributed by atoms with van der Waals surface area (Å²) in [5.41, 5.74) is 0.830. The Bertz CT molecular complexity index is 625. The molecule has 4 nitrogen and oxygen atoms in total. The molecule has 0 bridgehead atoms. The van der Waals surface area contributed by atoms with Gasteiger partial charge in [-0.25, -0.2) is 9.37 Å². The summed E-state index contributed by atoms with van der Waals surface area (Å²) in [6.07, 6.45) is 2.80. The molecule has 0 aliphatic rings. The van der Waals surface area contributed by atoms with E-state index in [-0.39, 0.29) is 5.82 Å². The molecule has 2 aromatic rings. The van der Waals surface area contributed by atoms with Gasteiger partial charge in [-0.2, -0.15) is 5.26 Å². The van der Waals surface area contributed by atoms with Gasteiger partial charge in [-0.05, 0) is 36.2 Å². The van der Waals surface area contributed by atoms with Crippen molar-refractivity contribution in [2.24, 2.45) is 0 Å². The Morgan fingerprint density at radius 2 is 2.19 bits per heavy atom. The smallest absolute Gasteiger partial charge is 0.169 e. The first-order valence-electron chi connectivity index (χ1n) is 6.72. The number of hydrogen-bond donors (Lipinski definition) is 1. The van der Waals surface area contributed by atoms with Gasteiger partial charge in [0.1, 0.15) is 5.82 Å². The third kappa shape index (κ3) is 4.77. The van der Waals surface area contributed by atoms with Crippen LogP contribution in [0.25, 0.3) is 0 Å². The molecule has 0 unspecified atom stereocenters. The maximum absolute atomic E-state index is 13.1. The molecule has 1 N–H and O–H groups in total. The van der Waals surface area contributed by atoms with Crippen molar-refractivity contribution in [2.75, 3.05) is 11.9 Å². The fourth-order valence-electron chi connectivity index (χ4n) is 1.81. The number of unbranched alkanes of at least 4 members (excludes halogenated alkanes) is 1. The Morgan fingerprint density at radius 1 is 1.29 bits per heavy atom. The van der Waals surface area contributed by atoms with Crippen molar-refractivity contribution in [3.63, 3.8) is 0 Å². The first kappa shape index (κ1) is 14.8. The number of rotatable bonds is 7. The third-order valence-corrected chi connectivity index (χ3v) is 2.81. The van der Waals surface area contributed by atoms with E-state index >= 15 is 0 Å². The first-order chi connectivity index (χ1) is 10.3. The highest BCUT2D eigenvalue weighted by Gasteiger charge is 2.04. The zero-order chi connectivity index (χ0) is 14.9. The van der Waals surface area contributed by atoms with Crippen molar-refractivity contribution in [2.45, 2.75) is 19.4 Å². The normalized spacial score (nSPS) is 9.90. The minimum Gasteiger partial charge on any atom is -0.490 e. The minimum atomic E-state index is -0.261. The van der Waals surface area contributed by atoms with Crippen LogP contribution in [-0.4, -0.2) is 11.6 Å². The quantitative estimate of drug-likeness (QED) is 0.791. The lowest BCUT2D eigenvalue weighted by atomic mass is 10.2. The number of nitriles is 1. The Morgan fingerprint density at radius 3 is 3.00 bits per heavy atom. The molecule has 0 fully saturated rings. The second-order valence-electron chi connectivity index (χ2n) is 4.44. The van der Waals surface area contributed by atoms with E-state index in [1.54, 1.807) is 18.3 Å². The summed E-state index contributed by atoms with van der Waals surface area (Å²) in [5.74, 6) is 0.980. The first-order valence-corrected chi connectivity index (χ1v) is 6.72. The van der Waals surface area contributed by atoms with Gasteiger partial charge in [0.15, 0.2) is 11.6 Å². The van der Waals surface area contributed by atoms with E-state index in [1.165, 1.54) is 12.1 Å². The monoisotopic (exact) mass is 285 g/mol. The molecule has 108 valence electrons. The number of aromatic nitrogens is 1. The Hall–Kier alpha value is -2.61. The van der Waals surface area contributed by atoms with Gasteiger partial charge in [0.05, 0.1) is 12.7 Å². The molecule has 5 heteroatoms. The van der Waals surface area contributed by atoms with Crippen LogP contribution in [0.5, 0.6) is 5.75 Å². The van der Waals surface area contributed by atoms with Crippen LogP contribution in [-0.2, 0) is 6.54 Å². The second kappa shape index (κ2) is 7.85. The molecule has 1 heterocycles. The number of nitrogens with one attached hydrogen (secondary N) is 1. The maximum Gasteiger partial charge on any atom is 0.169 e. The zero-order valence-corrected chi connectivity index (χ0v) is 11.6. The van der Waals surface area contributed by atoms with Crippen LogP contribution in [0.1, 0.15) is 18.4 Å². The van der Waals surface area contributed by atoms with Gasteiger partial charge < -0.3 is 10.1 Å². The van der Waals surface area contributed by atoms with E-state index in [0.29, 0.717) is 37.6 Å². The van der Waals surface area contributed by atoms with E-state index < -0.39 is 0 Å². The summed E-state index contributed by atoms with van der Waals surface area (Å²) in [4.78, 5) is 4.22. The SMILES string of the molecule is N#CCCCOc1cccnc1NCc1cccc(F)c1. The lowest BCUT2D eigenvalue weighted by molar-refractivity contribution is 0.313. The van der Waals surface area contributed by atoms with Crippen LogP contribution in [0.15, 0.2) is 42.6 Å².